The molecule has 9 rings (SSSR count). The Kier molecular flexibility index (Phi) is 11.7. The largest absolute Gasteiger partial charge is 0.462 e. The van der Waals surface area contributed by atoms with Gasteiger partial charge >= 0.3 is 23.9 Å². The summed E-state index contributed by atoms with van der Waals surface area (Å²) in [6.07, 6.45) is 0. The van der Waals surface area contributed by atoms with Crippen LogP contribution in [0, 0.1) is 0 Å². The van der Waals surface area contributed by atoms with Crippen LogP contribution in [0.4, 0.5) is 0 Å². The highest BCUT2D eigenvalue weighted by molar-refractivity contribution is 9.11. The zero-order chi connectivity index (χ0) is 44.8. The Balaban J connectivity index is 1.34. The Labute approximate surface area is 385 Å². The highest BCUT2D eigenvalue weighted by atomic mass is 79.9. The highest BCUT2D eigenvalue weighted by Gasteiger charge is 2.33. The van der Waals surface area contributed by atoms with E-state index in [1.165, 1.54) is 0 Å². The first-order valence-electron chi connectivity index (χ1n) is 21.1. The molecular weight excluding hydrogens is 936 g/mol. The molecule has 0 N–H and O–H groups in total. The zero-order valence-electron chi connectivity index (χ0n) is 35.4. The molecule has 0 saturated heterocycles. The number of carbonyl (C=O) groups excluding carboxylic acids is 4. The number of hydrogen-bond acceptors (Lipinski definition) is 8. The van der Waals surface area contributed by atoms with E-state index in [1.54, 1.807) is 39.8 Å². The summed E-state index contributed by atoms with van der Waals surface area (Å²) < 4.78 is 23.5. The monoisotopic (exact) mass is 974 g/mol. The average molecular weight is 977 g/mol. The Morgan fingerprint density at radius 3 is 0.938 bits per heavy atom. The van der Waals surface area contributed by atoms with Gasteiger partial charge < -0.3 is 18.9 Å². The Hall–Kier alpha value is -6.62. The number of hydrogen-bond donors (Lipinski definition) is 0. The first-order chi connectivity index (χ1) is 31.1. The van der Waals surface area contributed by atoms with E-state index in [4.69, 9.17) is 18.9 Å². The molecule has 0 saturated carbocycles. The van der Waals surface area contributed by atoms with Gasteiger partial charge in [0.2, 0.25) is 0 Å². The van der Waals surface area contributed by atoms with Gasteiger partial charge in [0.1, 0.15) is 0 Å². The van der Waals surface area contributed by atoms with Crippen LogP contribution in [0.1, 0.15) is 49.9 Å². The van der Waals surface area contributed by atoms with Gasteiger partial charge in [-0.25, -0.2) is 19.2 Å². The van der Waals surface area contributed by atoms with Crippen molar-refractivity contribution < 1.29 is 38.1 Å². The predicted molar refractivity (Wildman–Crippen MR) is 262 cm³/mol. The van der Waals surface area contributed by atoms with Crippen LogP contribution in [-0.4, -0.2) is 50.3 Å². The summed E-state index contributed by atoms with van der Waals surface area (Å²) in [6.45, 7) is 6.92. The quantitative estimate of drug-likeness (QED) is 0.0392. The molecule has 8 nitrogen and oxygen atoms in total. The topological polar surface area (TPSA) is 105 Å². The number of esters is 4. The lowest BCUT2D eigenvalue weighted by molar-refractivity contribution is -0.138. The van der Waals surface area contributed by atoms with Crippen LogP contribution in [0.5, 0.6) is 0 Å². The minimum Gasteiger partial charge on any atom is -0.462 e. The molecule has 318 valence electrons. The molecular formula is C54H40Br2O8. The van der Waals surface area contributed by atoms with Crippen molar-refractivity contribution in [1.29, 1.82) is 0 Å². The molecule has 0 radical (unpaired) electrons. The smallest absolute Gasteiger partial charge is 0.339 e. The molecule has 0 amide bonds. The summed E-state index contributed by atoms with van der Waals surface area (Å²) in [5, 5.41) is 11.5. The van der Waals surface area contributed by atoms with Crippen molar-refractivity contribution in [2.24, 2.45) is 0 Å². The third-order valence-corrected chi connectivity index (χ3v) is 12.9. The Bertz CT molecular complexity index is 3180. The molecule has 9 aromatic carbocycles. The number of rotatable bonds is 12. The molecule has 0 spiro atoms. The fourth-order valence-corrected chi connectivity index (χ4v) is 10.1. The van der Waals surface area contributed by atoms with Crippen LogP contribution >= 0.6 is 31.9 Å². The molecule has 64 heavy (non-hydrogen) atoms. The number of benzene rings is 9. The third kappa shape index (κ3) is 7.15. The molecule has 0 heterocycles. The second-order valence-electron chi connectivity index (χ2n) is 15.1. The molecule has 0 aliphatic heterocycles. The molecule has 0 fully saturated rings. The van der Waals surface area contributed by atoms with Crippen LogP contribution in [0.3, 0.4) is 0 Å². The lowest BCUT2D eigenvalue weighted by atomic mass is 9.86. The maximum absolute atomic E-state index is 14.5. The second-order valence-corrected chi connectivity index (χ2v) is 16.8. The molecule has 0 unspecified atom stereocenters. The first kappa shape index (κ1) is 42.7. The molecule has 0 atom stereocenters. The van der Waals surface area contributed by atoms with Gasteiger partial charge in [0.15, 0.2) is 0 Å². The minimum atomic E-state index is -0.765. The van der Waals surface area contributed by atoms with Gasteiger partial charge in [-0.1, -0.05) is 141 Å². The summed E-state index contributed by atoms with van der Waals surface area (Å²) in [6, 6.07) is 39.2. The molecule has 10 heteroatoms. The van der Waals surface area contributed by atoms with Crippen molar-refractivity contribution in [2.75, 3.05) is 26.4 Å². The third-order valence-electron chi connectivity index (χ3n) is 11.6. The van der Waals surface area contributed by atoms with Gasteiger partial charge in [-0.15, -0.1) is 0 Å². The average Bonchev–Trinajstić information content (AvgIpc) is 3.29. The minimum absolute atomic E-state index is 0.000556. The van der Waals surface area contributed by atoms with Crippen molar-refractivity contribution in [2.45, 2.75) is 27.7 Å². The molecule has 0 bridgehead atoms. The van der Waals surface area contributed by atoms with Gasteiger partial charge in [0, 0.05) is 20.1 Å². The molecule has 0 aliphatic carbocycles. The Morgan fingerprint density at radius 1 is 0.359 bits per heavy atom. The maximum atomic E-state index is 14.5. The van der Waals surface area contributed by atoms with Crippen molar-refractivity contribution >= 4 is 143 Å². The van der Waals surface area contributed by atoms with Gasteiger partial charge in [0.05, 0.1) is 48.7 Å². The van der Waals surface area contributed by atoms with E-state index in [0.717, 1.165) is 64.6 Å². The van der Waals surface area contributed by atoms with Crippen LogP contribution in [0.2, 0.25) is 0 Å². The predicted octanol–water partition coefficient (Wildman–Crippen LogP) is 13.1. The SMILES string of the molecule is CCOC(=O)/C(=C(\C(=O)OCC)c1ccc2ccc3cccc4ccc1c2c34)c1cc(Br)c(/C(C(=O)OCC)=C(/C(=O)OCC)c2ccc3ccc4cccc5ccc2c3c45)cc1Br. The maximum Gasteiger partial charge on any atom is 0.339 e. The standard InChI is InChI=1S/C54H40Br2O8/c1-5-61-51(57)47(37-25-21-33-17-15-29-11-9-13-31-19-23-35(37)45(33)43(29)31)49(53(59)63-7-3)39-27-42(56)40(28-41(39)55)50(54(60)64-8-4)48(52(58)62-6-2)38-26-22-34-18-16-30-12-10-14-32-20-24-36(38)46(34)44(30)32/h9-28H,5-8H2,1-4H3/b49-47-,50-48-. The first-order valence-corrected chi connectivity index (χ1v) is 22.7. The lowest BCUT2D eigenvalue weighted by Crippen LogP contribution is -2.17. The zero-order valence-corrected chi connectivity index (χ0v) is 38.6. The molecule has 0 aromatic heterocycles. The van der Waals surface area contributed by atoms with Crippen LogP contribution in [0.25, 0.3) is 86.9 Å². The van der Waals surface area contributed by atoms with Crippen LogP contribution in [-0.2, 0) is 38.1 Å². The van der Waals surface area contributed by atoms with Crippen LogP contribution in [0.15, 0.2) is 130 Å². The number of halogens is 2. The Morgan fingerprint density at radius 2 is 0.625 bits per heavy atom. The van der Waals surface area contributed by atoms with E-state index in [2.05, 4.69) is 44.0 Å². The van der Waals surface area contributed by atoms with Crippen LogP contribution < -0.4 is 0 Å². The van der Waals surface area contributed by atoms with E-state index in [-0.39, 0.29) is 59.8 Å². The normalized spacial score (nSPS) is 12.6. The van der Waals surface area contributed by atoms with Gasteiger partial charge in [-0.2, -0.15) is 0 Å². The molecule has 9 aromatic rings. The van der Waals surface area contributed by atoms with Crippen molar-refractivity contribution in [3.8, 4) is 0 Å². The summed E-state index contributed by atoms with van der Waals surface area (Å²) in [7, 11) is 0. The number of ether oxygens (including phenoxy) is 4. The summed E-state index contributed by atoms with van der Waals surface area (Å²) in [4.78, 5) is 57.8. The second kappa shape index (κ2) is 17.5. The lowest BCUT2D eigenvalue weighted by Gasteiger charge is -2.21. The fourth-order valence-electron chi connectivity index (χ4n) is 9.04. The van der Waals surface area contributed by atoms with Crippen molar-refractivity contribution in [3.63, 3.8) is 0 Å². The van der Waals surface area contributed by atoms with Gasteiger partial charge in [-0.05, 0) is 116 Å². The summed E-state index contributed by atoms with van der Waals surface area (Å²) in [5.74, 6) is -2.98. The summed E-state index contributed by atoms with van der Waals surface area (Å²) >= 11 is 7.48. The van der Waals surface area contributed by atoms with Crippen molar-refractivity contribution in [3.05, 3.63) is 153 Å². The summed E-state index contributed by atoms with van der Waals surface area (Å²) in [5.41, 5.74) is 1.37. The van der Waals surface area contributed by atoms with Crippen molar-refractivity contribution in [1.82, 2.24) is 0 Å². The van der Waals surface area contributed by atoms with Gasteiger partial charge in [-0.3, -0.25) is 0 Å². The van der Waals surface area contributed by atoms with E-state index in [1.807, 2.05) is 97.1 Å². The highest BCUT2D eigenvalue weighted by Crippen LogP contribution is 2.45. The van der Waals surface area contributed by atoms with E-state index >= 15 is 0 Å². The van der Waals surface area contributed by atoms with E-state index in [9.17, 15) is 19.2 Å². The fraction of sp³-hybridized carbons (Fsp3) is 0.148. The van der Waals surface area contributed by atoms with Gasteiger partial charge in [0.25, 0.3) is 0 Å². The molecule has 0 aliphatic rings. The number of carbonyl (C=O) groups is 4. The van der Waals surface area contributed by atoms with E-state index < -0.39 is 23.9 Å². The van der Waals surface area contributed by atoms with E-state index in [0.29, 0.717) is 20.1 Å².